The quantitative estimate of drug-likeness (QED) is 0.622. The van der Waals surface area contributed by atoms with Crippen LogP contribution in [0.15, 0.2) is 15.9 Å². The predicted molar refractivity (Wildman–Crippen MR) is 70.7 cm³/mol. The third-order valence-electron chi connectivity index (χ3n) is 2.75. The highest BCUT2D eigenvalue weighted by Gasteiger charge is 2.17. The van der Waals surface area contributed by atoms with Crippen LogP contribution in [0.5, 0.6) is 0 Å². The van der Waals surface area contributed by atoms with Crippen molar-refractivity contribution in [2.24, 2.45) is 11.5 Å². The van der Waals surface area contributed by atoms with Gasteiger partial charge in [-0.15, -0.1) is 11.3 Å². The highest BCUT2D eigenvalue weighted by atomic mass is 79.9. The lowest BCUT2D eigenvalue weighted by atomic mass is 10.3. The van der Waals surface area contributed by atoms with Crippen molar-refractivity contribution >= 4 is 33.2 Å². The van der Waals surface area contributed by atoms with E-state index in [1.807, 2.05) is 4.58 Å². The molecule has 0 bridgehead atoms. The molecule has 4 nitrogen and oxygen atoms in total. The lowest BCUT2D eigenvalue weighted by Gasteiger charge is -2.27. The number of nitrogens with zero attached hydrogens (tertiary/aromatic N) is 2. The molecule has 6 heteroatoms. The summed E-state index contributed by atoms with van der Waals surface area (Å²) in [5, 5.41) is 0. The number of rotatable bonds is 2. The molecular weight excluding hydrogens is 288 g/mol. The normalized spacial score (nSPS) is 17.7. The summed E-state index contributed by atoms with van der Waals surface area (Å²) in [7, 11) is 0. The smallest absolute Gasteiger partial charge is 0.292 e. The van der Waals surface area contributed by atoms with Gasteiger partial charge in [0.2, 0.25) is 0 Å². The maximum Gasteiger partial charge on any atom is 0.341 e. The first-order chi connectivity index (χ1) is 7.65. The topological polar surface area (TPSA) is 58.3 Å². The van der Waals surface area contributed by atoms with Gasteiger partial charge in [-0.3, -0.25) is 20.9 Å². The van der Waals surface area contributed by atoms with Crippen molar-refractivity contribution in [2.75, 3.05) is 26.2 Å². The number of piperazine rings is 1. The summed E-state index contributed by atoms with van der Waals surface area (Å²) < 4.78 is 3.22. The predicted octanol–water partition coefficient (Wildman–Crippen LogP) is 0.612. The number of nitrogens with two attached hydrogens (primary N) is 2. The zero-order chi connectivity index (χ0) is 11.5. The maximum atomic E-state index is 5.57. The molecule has 0 radical (unpaired) electrons. The van der Waals surface area contributed by atoms with Gasteiger partial charge in [0.25, 0.3) is 0 Å². The summed E-state index contributed by atoms with van der Waals surface area (Å²) >= 11 is 5.28. The summed E-state index contributed by atoms with van der Waals surface area (Å²) in [6, 6.07) is 4.27. The average Bonchev–Trinajstić information content (AvgIpc) is 2.65. The molecular formula is C10H16BrN4S+. The fourth-order valence-electron chi connectivity index (χ4n) is 1.82. The number of guanidine groups is 1. The summed E-state index contributed by atoms with van der Waals surface area (Å²) in [4.78, 5) is 3.82. The van der Waals surface area contributed by atoms with Crippen LogP contribution in [0.4, 0.5) is 0 Å². The number of hydrogen-bond acceptors (Lipinski definition) is 2. The standard InChI is InChI=1S/C10H15BrN4S/c11-9-2-1-8(16-9)7-14-3-5-15(6-4-14)10(12)13/h1-2H,3-7H2,(H3,12,13)/p+1. The fraction of sp³-hybridized carbons (Fsp3) is 0.500. The van der Waals surface area contributed by atoms with Crippen LogP contribution in [0.2, 0.25) is 0 Å². The van der Waals surface area contributed by atoms with Crippen molar-refractivity contribution in [1.29, 1.82) is 0 Å². The molecule has 0 spiro atoms. The minimum Gasteiger partial charge on any atom is -0.292 e. The van der Waals surface area contributed by atoms with Crippen molar-refractivity contribution in [2.45, 2.75) is 6.54 Å². The van der Waals surface area contributed by atoms with Crippen molar-refractivity contribution in [3.05, 3.63) is 20.8 Å². The second-order valence-corrected chi connectivity index (χ2v) is 6.44. The summed E-state index contributed by atoms with van der Waals surface area (Å²) in [5.41, 5.74) is 11.1. The van der Waals surface area contributed by atoms with Crippen LogP contribution < -0.4 is 11.5 Å². The van der Waals surface area contributed by atoms with Gasteiger partial charge in [-0.2, -0.15) is 0 Å². The summed E-state index contributed by atoms with van der Waals surface area (Å²) in [6.45, 7) is 4.92. The molecule has 1 saturated heterocycles. The van der Waals surface area contributed by atoms with E-state index in [1.54, 1.807) is 11.3 Å². The Morgan fingerprint density at radius 3 is 2.56 bits per heavy atom. The van der Waals surface area contributed by atoms with Gasteiger partial charge in [0, 0.05) is 24.5 Å². The highest BCUT2D eigenvalue weighted by molar-refractivity contribution is 9.11. The molecule has 0 atom stereocenters. The van der Waals surface area contributed by atoms with Gasteiger partial charge in [0.1, 0.15) is 0 Å². The molecule has 0 aliphatic carbocycles. The Balaban J connectivity index is 1.88. The van der Waals surface area contributed by atoms with Crippen molar-refractivity contribution in [1.82, 2.24) is 4.90 Å². The Morgan fingerprint density at radius 2 is 2.06 bits per heavy atom. The molecule has 1 aliphatic heterocycles. The molecule has 1 aromatic heterocycles. The number of hydrogen-bond donors (Lipinski definition) is 2. The molecule has 0 saturated carbocycles. The largest absolute Gasteiger partial charge is 0.341 e. The van der Waals surface area contributed by atoms with E-state index >= 15 is 0 Å². The van der Waals surface area contributed by atoms with E-state index in [4.69, 9.17) is 11.5 Å². The van der Waals surface area contributed by atoms with Crippen molar-refractivity contribution in [3.63, 3.8) is 0 Å². The van der Waals surface area contributed by atoms with Crippen molar-refractivity contribution < 1.29 is 4.58 Å². The van der Waals surface area contributed by atoms with Crippen molar-refractivity contribution in [3.8, 4) is 0 Å². The first-order valence-electron chi connectivity index (χ1n) is 5.24. The van der Waals surface area contributed by atoms with Gasteiger partial charge in [-0.1, -0.05) is 0 Å². The van der Waals surface area contributed by atoms with Crippen LogP contribution in [0.25, 0.3) is 0 Å². The van der Waals surface area contributed by atoms with E-state index in [1.165, 1.54) is 8.66 Å². The summed E-state index contributed by atoms with van der Waals surface area (Å²) in [5.74, 6) is 0.443. The third kappa shape index (κ3) is 2.96. The molecule has 0 aromatic carbocycles. The lowest BCUT2D eigenvalue weighted by Crippen LogP contribution is -2.47. The Labute approximate surface area is 108 Å². The van der Waals surface area contributed by atoms with Crippen LogP contribution >= 0.6 is 27.3 Å². The third-order valence-corrected chi connectivity index (χ3v) is 4.35. The van der Waals surface area contributed by atoms with Gasteiger partial charge in [-0.25, -0.2) is 0 Å². The fourth-order valence-corrected chi connectivity index (χ4v) is 3.35. The maximum absolute atomic E-state index is 5.57. The highest BCUT2D eigenvalue weighted by Crippen LogP contribution is 2.23. The van der Waals surface area contributed by atoms with Crippen LogP contribution in [0, 0.1) is 0 Å². The minimum absolute atomic E-state index is 0.443. The molecule has 0 amide bonds. The Morgan fingerprint density at radius 1 is 1.38 bits per heavy atom. The van der Waals surface area contributed by atoms with E-state index < -0.39 is 0 Å². The van der Waals surface area contributed by atoms with Crippen LogP contribution in [0.3, 0.4) is 0 Å². The van der Waals surface area contributed by atoms with Gasteiger partial charge >= 0.3 is 5.96 Å². The summed E-state index contributed by atoms with van der Waals surface area (Å²) in [6.07, 6.45) is 0. The second-order valence-electron chi connectivity index (χ2n) is 3.89. The van der Waals surface area contributed by atoms with Gasteiger partial charge in [0.05, 0.1) is 16.9 Å². The van der Waals surface area contributed by atoms with E-state index in [9.17, 15) is 0 Å². The first kappa shape index (κ1) is 11.9. The number of thiophene rings is 1. The van der Waals surface area contributed by atoms with E-state index in [2.05, 4.69) is 33.0 Å². The van der Waals surface area contributed by atoms with Gasteiger partial charge in [0.15, 0.2) is 0 Å². The second kappa shape index (κ2) is 5.16. The average molecular weight is 304 g/mol. The SMILES string of the molecule is NC(N)=[N+]1CCN(Cc2ccc(Br)s2)CC1. The van der Waals surface area contributed by atoms with Gasteiger partial charge in [-0.05, 0) is 28.1 Å². The first-order valence-corrected chi connectivity index (χ1v) is 6.85. The molecule has 0 unspecified atom stereocenters. The molecule has 1 aromatic rings. The zero-order valence-electron chi connectivity index (χ0n) is 9.03. The molecule has 4 N–H and O–H groups in total. The van der Waals surface area contributed by atoms with Gasteiger partial charge < -0.3 is 0 Å². The molecule has 88 valence electrons. The van der Waals surface area contributed by atoms with Crippen LogP contribution in [0.1, 0.15) is 4.88 Å². The molecule has 1 fully saturated rings. The van der Waals surface area contributed by atoms with E-state index in [-0.39, 0.29) is 0 Å². The Bertz CT molecular complexity index is 387. The molecule has 2 rings (SSSR count). The molecule has 2 heterocycles. The molecule has 16 heavy (non-hydrogen) atoms. The van der Waals surface area contributed by atoms with E-state index in [0.29, 0.717) is 5.96 Å². The van der Waals surface area contributed by atoms with Crippen LogP contribution in [-0.2, 0) is 6.54 Å². The monoisotopic (exact) mass is 303 g/mol. The Hall–Kier alpha value is -0.590. The number of halogens is 1. The minimum atomic E-state index is 0.443. The lowest BCUT2D eigenvalue weighted by molar-refractivity contribution is -0.541. The molecule has 1 aliphatic rings. The Kier molecular flexibility index (Phi) is 3.83. The van der Waals surface area contributed by atoms with Crippen LogP contribution in [-0.4, -0.2) is 41.6 Å². The van der Waals surface area contributed by atoms with E-state index in [0.717, 1.165) is 32.7 Å². The zero-order valence-corrected chi connectivity index (χ0v) is 11.4.